The minimum atomic E-state index is -0.0848. The molecule has 1 aromatic carbocycles. The third-order valence-corrected chi connectivity index (χ3v) is 5.56. The molecule has 1 N–H and O–H groups in total. The SMILES string of the molecule is COCc1ccc(OC)c(CN2CCOC(c3ccc(Nc4nc(C)cc(C)n4)cn3)C2)c1. The zero-order valence-electron chi connectivity index (χ0n) is 19.7. The Morgan fingerprint density at radius 2 is 1.91 bits per heavy atom. The van der Waals surface area contributed by atoms with Gasteiger partial charge in [0.15, 0.2) is 0 Å². The molecule has 1 atom stereocenters. The van der Waals surface area contributed by atoms with E-state index in [9.17, 15) is 0 Å². The Balaban J connectivity index is 1.42. The molecule has 2 aromatic heterocycles. The van der Waals surface area contributed by atoms with Gasteiger partial charge in [0.1, 0.15) is 11.9 Å². The fourth-order valence-corrected chi connectivity index (χ4v) is 4.06. The molecular formula is C25H31N5O3. The number of nitrogens with one attached hydrogen (secondary N) is 1. The van der Waals surface area contributed by atoms with Gasteiger partial charge in [0.2, 0.25) is 5.95 Å². The summed E-state index contributed by atoms with van der Waals surface area (Å²) in [5.41, 5.74) is 5.89. The predicted molar refractivity (Wildman–Crippen MR) is 127 cm³/mol. The molecule has 8 nitrogen and oxygen atoms in total. The Morgan fingerprint density at radius 1 is 1.09 bits per heavy atom. The number of pyridine rings is 1. The van der Waals surface area contributed by atoms with E-state index in [0.29, 0.717) is 19.2 Å². The first-order valence-corrected chi connectivity index (χ1v) is 11.1. The van der Waals surface area contributed by atoms with Crippen LogP contribution in [0.5, 0.6) is 5.75 Å². The maximum atomic E-state index is 6.04. The molecule has 3 heterocycles. The summed E-state index contributed by atoms with van der Waals surface area (Å²) in [6.45, 7) is 7.55. The fourth-order valence-electron chi connectivity index (χ4n) is 4.06. The van der Waals surface area contributed by atoms with Gasteiger partial charge in [0.25, 0.3) is 0 Å². The van der Waals surface area contributed by atoms with Crippen molar-refractivity contribution in [3.63, 3.8) is 0 Å². The third-order valence-electron chi connectivity index (χ3n) is 5.56. The smallest absolute Gasteiger partial charge is 0.227 e. The number of rotatable bonds is 8. The zero-order valence-corrected chi connectivity index (χ0v) is 19.7. The highest BCUT2D eigenvalue weighted by atomic mass is 16.5. The van der Waals surface area contributed by atoms with Crippen LogP contribution in [-0.2, 0) is 22.6 Å². The third kappa shape index (κ3) is 6.04. The molecule has 0 radical (unpaired) electrons. The summed E-state index contributed by atoms with van der Waals surface area (Å²) >= 11 is 0. The first kappa shape index (κ1) is 23.1. The number of aryl methyl sites for hydroxylation is 2. The highest BCUT2D eigenvalue weighted by Crippen LogP contribution is 2.27. The van der Waals surface area contributed by atoms with E-state index < -0.39 is 0 Å². The van der Waals surface area contributed by atoms with Crippen LogP contribution in [0.15, 0.2) is 42.6 Å². The van der Waals surface area contributed by atoms with Crippen molar-refractivity contribution in [1.82, 2.24) is 19.9 Å². The van der Waals surface area contributed by atoms with Crippen LogP contribution in [0.3, 0.4) is 0 Å². The summed E-state index contributed by atoms with van der Waals surface area (Å²) in [5.74, 6) is 1.46. The quantitative estimate of drug-likeness (QED) is 0.553. The Hall–Kier alpha value is -3.07. The average molecular weight is 450 g/mol. The van der Waals surface area contributed by atoms with Gasteiger partial charge < -0.3 is 19.5 Å². The molecule has 1 saturated heterocycles. The first-order valence-electron chi connectivity index (χ1n) is 11.1. The molecule has 174 valence electrons. The molecular weight excluding hydrogens is 418 g/mol. The lowest BCUT2D eigenvalue weighted by molar-refractivity contribution is -0.0351. The minimum Gasteiger partial charge on any atom is -0.496 e. The van der Waals surface area contributed by atoms with E-state index in [1.807, 2.05) is 44.2 Å². The standard InChI is InChI=1S/C25H31N5O3/c1-17-11-18(2)28-25(27-17)29-21-6-7-22(26-13-21)24-15-30(9-10-33-24)14-20-12-19(16-31-3)5-8-23(20)32-4/h5-8,11-13,24H,9-10,14-16H2,1-4H3,(H,27,28,29). The van der Waals surface area contributed by atoms with Crippen LogP contribution >= 0.6 is 0 Å². The second kappa shape index (κ2) is 10.7. The van der Waals surface area contributed by atoms with Crippen LogP contribution in [0.2, 0.25) is 0 Å². The summed E-state index contributed by atoms with van der Waals surface area (Å²) in [4.78, 5) is 15.9. The molecule has 1 aliphatic rings. The van der Waals surface area contributed by atoms with E-state index in [4.69, 9.17) is 14.2 Å². The first-order chi connectivity index (χ1) is 16.0. The van der Waals surface area contributed by atoms with Gasteiger partial charge in [0, 0.05) is 43.7 Å². The fraction of sp³-hybridized carbons (Fsp3) is 0.400. The Morgan fingerprint density at radius 3 is 2.61 bits per heavy atom. The molecule has 0 spiro atoms. The number of methoxy groups -OCH3 is 2. The van der Waals surface area contributed by atoms with Crippen molar-refractivity contribution >= 4 is 11.6 Å². The Bertz CT molecular complexity index is 1050. The van der Waals surface area contributed by atoms with Gasteiger partial charge >= 0.3 is 0 Å². The highest BCUT2D eigenvalue weighted by molar-refractivity contribution is 5.52. The van der Waals surface area contributed by atoms with Gasteiger partial charge in [-0.1, -0.05) is 6.07 Å². The van der Waals surface area contributed by atoms with Crippen molar-refractivity contribution in [1.29, 1.82) is 0 Å². The van der Waals surface area contributed by atoms with Crippen molar-refractivity contribution in [3.8, 4) is 5.75 Å². The van der Waals surface area contributed by atoms with Crippen LogP contribution in [0.25, 0.3) is 0 Å². The molecule has 0 saturated carbocycles. The van der Waals surface area contributed by atoms with Crippen molar-refractivity contribution in [2.45, 2.75) is 33.1 Å². The highest BCUT2D eigenvalue weighted by Gasteiger charge is 2.24. The molecule has 3 aromatic rings. The van der Waals surface area contributed by atoms with Gasteiger partial charge in [-0.15, -0.1) is 0 Å². The van der Waals surface area contributed by atoms with Crippen LogP contribution in [0.4, 0.5) is 11.6 Å². The van der Waals surface area contributed by atoms with E-state index in [2.05, 4.69) is 31.2 Å². The van der Waals surface area contributed by atoms with Gasteiger partial charge in [-0.25, -0.2) is 9.97 Å². The number of ether oxygens (including phenoxy) is 3. The second-order valence-corrected chi connectivity index (χ2v) is 8.24. The Kier molecular flexibility index (Phi) is 7.49. The number of hydrogen-bond acceptors (Lipinski definition) is 8. The predicted octanol–water partition coefficient (Wildman–Crippen LogP) is 3.96. The van der Waals surface area contributed by atoms with Crippen molar-refractivity contribution < 1.29 is 14.2 Å². The molecule has 1 unspecified atom stereocenters. The van der Waals surface area contributed by atoms with Gasteiger partial charge in [-0.05, 0) is 49.7 Å². The summed E-state index contributed by atoms with van der Waals surface area (Å²) < 4.78 is 16.9. The molecule has 8 heteroatoms. The molecule has 33 heavy (non-hydrogen) atoms. The minimum absolute atomic E-state index is 0.0848. The summed E-state index contributed by atoms with van der Waals surface area (Å²) in [6.07, 6.45) is 1.72. The van der Waals surface area contributed by atoms with Crippen LogP contribution < -0.4 is 10.1 Å². The van der Waals surface area contributed by atoms with Crippen molar-refractivity contribution in [2.24, 2.45) is 0 Å². The zero-order chi connectivity index (χ0) is 23.2. The molecule has 4 rings (SSSR count). The van der Waals surface area contributed by atoms with Crippen molar-refractivity contribution in [3.05, 3.63) is 70.8 Å². The number of hydrogen-bond donors (Lipinski definition) is 1. The number of nitrogens with zero attached hydrogens (tertiary/aromatic N) is 4. The van der Waals surface area contributed by atoms with E-state index in [1.165, 1.54) is 0 Å². The summed E-state index contributed by atoms with van der Waals surface area (Å²) in [7, 11) is 3.42. The molecule has 1 fully saturated rings. The van der Waals surface area contributed by atoms with Crippen molar-refractivity contribution in [2.75, 3.05) is 39.2 Å². The van der Waals surface area contributed by atoms with Gasteiger partial charge in [-0.2, -0.15) is 0 Å². The monoisotopic (exact) mass is 449 g/mol. The maximum absolute atomic E-state index is 6.04. The van der Waals surface area contributed by atoms with Crippen LogP contribution in [-0.4, -0.2) is 53.8 Å². The summed E-state index contributed by atoms with van der Waals surface area (Å²) in [6, 6.07) is 12.1. The van der Waals surface area contributed by atoms with Crippen LogP contribution in [0, 0.1) is 13.8 Å². The largest absolute Gasteiger partial charge is 0.496 e. The Labute approximate surface area is 194 Å². The van der Waals surface area contributed by atoms with Gasteiger partial charge in [-0.3, -0.25) is 9.88 Å². The number of anilines is 2. The number of morpholine rings is 1. The topological polar surface area (TPSA) is 81.6 Å². The lowest BCUT2D eigenvalue weighted by Gasteiger charge is -2.33. The lowest BCUT2D eigenvalue weighted by Crippen LogP contribution is -2.38. The number of aromatic nitrogens is 3. The van der Waals surface area contributed by atoms with E-state index >= 15 is 0 Å². The van der Waals surface area contributed by atoms with Crippen LogP contribution in [0.1, 0.15) is 34.3 Å². The van der Waals surface area contributed by atoms with E-state index in [1.54, 1.807) is 20.4 Å². The van der Waals surface area contributed by atoms with E-state index in [0.717, 1.165) is 59.3 Å². The molecule has 1 aliphatic heterocycles. The van der Waals surface area contributed by atoms with E-state index in [-0.39, 0.29) is 6.10 Å². The average Bonchev–Trinajstić information content (AvgIpc) is 2.80. The molecule has 0 amide bonds. The second-order valence-electron chi connectivity index (χ2n) is 8.24. The molecule has 0 aliphatic carbocycles. The lowest BCUT2D eigenvalue weighted by atomic mass is 10.1. The number of benzene rings is 1. The normalized spacial score (nSPS) is 16.5. The van der Waals surface area contributed by atoms with Gasteiger partial charge in [0.05, 0.1) is 37.9 Å². The molecule has 0 bridgehead atoms. The summed E-state index contributed by atoms with van der Waals surface area (Å²) in [5, 5.41) is 3.23. The maximum Gasteiger partial charge on any atom is 0.227 e.